The van der Waals surface area contributed by atoms with Gasteiger partial charge in [-0.2, -0.15) is 5.10 Å². The fourth-order valence-corrected chi connectivity index (χ4v) is 2.79. The van der Waals surface area contributed by atoms with Gasteiger partial charge in [-0.05, 0) is 74.4 Å². The second-order valence-electron chi connectivity index (χ2n) is 6.30. The van der Waals surface area contributed by atoms with Crippen molar-refractivity contribution in [2.75, 3.05) is 11.9 Å². The van der Waals surface area contributed by atoms with Crippen molar-refractivity contribution in [3.8, 4) is 11.5 Å². The Morgan fingerprint density at radius 3 is 2.39 bits per heavy atom. The minimum atomic E-state index is -0.291. The lowest BCUT2D eigenvalue weighted by Gasteiger charge is -2.10. The van der Waals surface area contributed by atoms with E-state index in [4.69, 9.17) is 21.1 Å². The Hall–Kier alpha value is -2.99. The Kier molecular flexibility index (Phi) is 6.21. The summed E-state index contributed by atoms with van der Waals surface area (Å²) in [7, 11) is 0. The van der Waals surface area contributed by atoms with Gasteiger partial charge in [0.1, 0.15) is 11.5 Å². The molecule has 146 valence electrons. The molecule has 1 amide bonds. The summed E-state index contributed by atoms with van der Waals surface area (Å²) in [5, 5.41) is 7.81. The van der Waals surface area contributed by atoms with Gasteiger partial charge >= 0.3 is 0 Å². The first kappa shape index (κ1) is 19.8. The van der Waals surface area contributed by atoms with E-state index in [1.165, 1.54) is 0 Å². The zero-order chi connectivity index (χ0) is 20.1. The summed E-state index contributed by atoms with van der Waals surface area (Å²) in [6.07, 6.45) is 1.70. The Labute approximate surface area is 169 Å². The van der Waals surface area contributed by atoms with E-state index in [1.54, 1.807) is 29.1 Å². The van der Waals surface area contributed by atoms with E-state index in [-0.39, 0.29) is 12.6 Å². The fourth-order valence-electron chi connectivity index (χ4n) is 2.68. The van der Waals surface area contributed by atoms with Crippen LogP contribution in [0.3, 0.4) is 0 Å². The van der Waals surface area contributed by atoms with Gasteiger partial charge in [-0.15, -0.1) is 0 Å². The van der Waals surface area contributed by atoms with E-state index in [9.17, 15) is 4.79 Å². The van der Waals surface area contributed by atoms with Gasteiger partial charge < -0.3 is 14.8 Å². The molecule has 0 aliphatic carbocycles. The summed E-state index contributed by atoms with van der Waals surface area (Å²) in [6.45, 7) is 6.57. The molecule has 28 heavy (non-hydrogen) atoms. The highest BCUT2D eigenvalue weighted by Crippen LogP contribution is 2.26. The van der Waals surface area contributed by atoms with Gasteiger partial charge in [-0.1, -0.05) is 11.6 Å². The molecule has 0 unspecified atom stereocenters. The average molecular weight is 400 g/mol. The molecule has 0 bridgehead atoms. The zero-order valence-electron chi connectivity index (χ0n) is 16.0. The predicted octanol–water partition coefficient (Wildman–Crippen LogP) is 4.84. The highest BCUT2D eigenvalue weighted by Gasteiger charge is 2.11. The minimum absolute atomic E-state index is 0.191. The number of hydrogen-bond donors (Lipinski definition) is 1. The Bertz CT molecular complexity index is 944. The van der Waals surface area contributed by atoms with Gasteiger partial charge in [0, 0.05) is 16.9 Å². The van der Waals surface area contributed by atoms with Gasteiger partial charge in [0.05, 0.1) is 6.61 Å². The van der Waals surface area contributed by atoms with Crippen molar-refractivity contribution in [3.63, 3.8) is 0 Å². The fraction of sp³-hybridized carbons (Fsp3) is 0.238. The van der Waals surface area contributed by atoms with Crippen LogP contribution in [-0.4, -0.2) is 22.3 Å². The maximum atomic E-state index is 12.4. The number of hydrogen-bond acceptors (Lipinski definition) is 4. The second kappa shape index (κ2) is 8.80. The molecule has 3 aromatic rings. The smallest absolute Gasteiger partial charge is 0.276 e. The normalized spacial score (nSPS) is 10.6. The maximum Gasteiger partial charge on any atom is 0.276 e. The van der Waals surface area contributed by atoms with E-state index >= 15 is 0 Å². The van der Waals surface area contributed by atoms with Gasteiger partial charge in [-0.3, -0.25) is 4.79 Å². The van der Waals surface area contributed by atoms with Crippen LogP contribution in [0.4, 0.5) is 5.69 Å². The summed E-state index contributed by atoms with van der Waals surface area (Å²) in [4.78, 5) is 12.4. The number of anilines is 1. The molecule has 7 heteroatoms. The monoisotopic (exact) mass is 399 g/mol. The molecule has 3 rings (SSSR count). The van der Waals surface area contributed by atoms with Crippen molar-refractivity contribution >= 4 is 23.2 Å². The van der Waals surface area contributed by atoms with Crippen molar-refractivity contribution in [2.24, 2.45) is 0 Å². The lowest BCUT2D eigenvalue weighted by molar-refractivity contribution is 0.102. The van der Waals surface area contributed by atoms with Crippen molar-refractivity contribution < 1.29 is 14.3 Å². The minimum Gasteiger partial charge on any atom is -0.494 e. The number of carbonyl (C=O) groups is 1. The number of ether oxygens (including phenoxy) is 2. The summed E-state index contributed by atoms with van der Waals surface area (Å²) < 4.78 is 12.7. The van der Waals surface area contributed by atoms with Crippen molar-refractivity contribution in [1.82, 2.24) is 9.78 Å². The number of halogens is 1. The molecule has 0 fully saturated rings. The maximum absolute atomic E-state index is 12.4. The Morgan fingerprint density at radius 1 is 1.07 bits per heavy atom. The molecule has 1 aromatic heterocycles. The van der Waals surface area contributed by atoms with E-state index in [1.807, 2.05) is 45.0 Å². The van der Waals surface area contributed by atoms with E-state index in [0.717, 1.165) is 21.9 Å². The van der Waals surface area contributed by atoms with Crippen LogP contribution in [0.5, 0.6) is 11.5 Å². The number of carbonyl (C=O) groups excluding carboxylic acids is 1. The molecule has 1 heterocycles. The lowest BCUT2D eigenvalue weighted by Crippen LogP contribution is -2.14. The Morgan fingerprint density at radius 2 is 1.75 bits per heavy atom. The third-order valence-electron chi connectivity index (χ3n) is 4.07. The standard InChI is InChI=1S/C21H22ClN3O3/c1-4-27-17-7-5-16(6-8-17)23-21(26)19-9-10-25(24-19)13-28-18-11-14(2)20(22)15(3)12-18/h5-12H,4,13H2,1-3H3,(H,23,26). The van der Waals surface area contributed by atoms with Crippen LogP contribution in [-0.2, 0) is 6.73 Å². The van der Waals surface area contributed by atoms with Gasteiger partial charge in [0.15, 0.2) is 12.4 Å². The van der Waals surface area contributed by atoms with Crippen LogP contribution < -0.4 is 14.8 Å². The Balaban J connectivity index is 1.59. The summed E-state index contributed by atoms with van der Waals surface area (Å²) in [5.74, 6) is 1.17. The first-order valence-corrected chi connectivity index (χ1v) is 9.31. The van der Waals surface area contributed by atoms with Crippen LogP contribution in [0.2, 0.25) is 5.02 Å². The predicted molar refractivity (Wildman–Crippen MR) is 109 cm³/mol. The highest BCUT2D eigenvalue weighted by atomic mass is 35.5. The van der Waals surface area contributed by atoms with Crippen LogP contribution >= 0.6 is 11.6 Å². The van der Waals surface area contributed by atoms with Crippen LogP contribution in [0.25, 0.3) is 0 Å². The molecule has 1 N–H and O–H groups in total. The summed E-state index contributed by atoms with van der Waals surface area (Å²) in [5.41, 5.74) is 2.88. The first-order valence-electron chi connectivity index (χ1n) is 8.93. The molecule has 0 aliphatic heterocycles. The average Bonchev–Trinajstić information content (AvgIpc) is 3.15. The molecule has 0 spiro atoms. The van der Waals surface area contributed by atoms with E-state index in [0.29, 0.717) is 23.7 Å². The quantitative estimate of drug-likeness (QED) is 0.617. The van der Waals surface area contributed by atoms with Crippen molar-refractivity contribution in [1.29, 1.82) is 0 Å². The van der Waals surface area contributed by atoms with Gasteiger partial charge in [0.2, 0.25) is 0 Å². The molecular weight excluding hydrogens is 378 g/mol. The van der Waals surface area contributed by atoms with Crippen LogP contribution in [0.1, 0.15) is 28.5 Å². The SMILES string of the molecule is CCOc1ccc(NC(=O)c2ccn(COc3cc(C)c(Cl)c(C)c3)n2)cc1. The molecular formula is C21H22ClN3O3. The third-order valence-corrected chi connectivity index (χ3v) is 4.67. The molecule has 0 atom stereocenters. The van der Waals surface area contributed by atoms with Gasteiger partial charge in [0.25, 0.3) is 5.91 Å². The topological polar surface area (TPSA) is 65.4 Å². The van der Waals surface area contributed by atoms with Crippen LogP contribution in [0, 0.1) is 13.8 Å². The number of aryl methyl sites for hydroxylation is 2. The lowest BCUT2D eigenvalue weighted by atomic mass is 10.1. The number of benzene rings is 2. The molecule has 0 saturated carbocycles. The number of nitrogens with one attached hydrogen (secondary N) is 1. The molecule has 0 saturated heterocycles. The van der Waals surface area contributed by atoms with Crippen LogP contribution in [0.15, 0.2) is 48.7 Å². The number of amides is 1. The molecule has 0 aliphatic rings. The number of aromatic nitrogens is 2. The summed E-state index contributed by atoms with van der Waals surface area (Å²) >= 11 is 6.17. The highest BCUT2D eigenvalue weighted by molar-refractivity contribution is 6.32. The van der Waals surface area contributed by atoms with Gasteiger partial charge in [-0.25, -0.2) is 4.68 Å². The molecule has 0 radical (unpaired) electrons. The molecule has 6 nitrogen and oxygen atoms in total. The zero-order valence-corrected chi connectivity index (χ0v) is 16.8. The first-order chi connectivity index (χ1) is 13.5. The van der Waals surface area contributed by atoms with E-state index in [2.05, 4.69) is 10.4 Å². The summed E-state index contributed by atoms with van der Waals surface area (Å²) in [6, 6.07) is 12.6. The third kappa shape index (κ3) is 4.84. The largest absolute Gasteiger partial charge is 0.494 e. The second-order valence-corrected chi connectivity index (χ2v) is 6.67. The number of nitrogens with zero attached hydrogens (tertiary/aromatic N) is 2. The molecule has 2 aromatic carbocycles. The van der Waals surface area contributed by atoms with E-state index < -0.39 is 0 Å². The number of rotatable bonds is 7. The van der Waals surface area contributed by atoms with Crippen molar-refractivity contribution in [3.05, 3.63) is 70.5 Å². The van der Waals surface area contributed by atoms with Crippen molar-refractivity contribution in [2.45, 2.75) is 27.5 Å².